The Morgan fingerprint density at radius 1 is 0.821 bits per heavy atom. The normalized spacial score (nSPS) is 11.3. The van der Waals surface area contributed by atoms with Gasteiger partial charge in [-0.3, -0.25) is 0 Å². The SMILES string of the molecule is OCCOc1cc(-c2ccccc2OCc2ccccc2)cc(C(F)(F)F)c1. The summed E-state index contributed by atoms with van der Waals surface area (Å²) in [6.07, 6.45) is -4.52. The first-order valence-electron chi connectivity index (χ1n) is 8.69. The number of alkyl halides is 3. The first kappa shape index (κ1) is 19.8. The van der Waals surface area contributed by atoms with E-state index in [4.69, 9.17) is 14.6 Å². The van der Waals surface area contributed by atoms with Gasteiger partial charge in [0.15, 0.2) is 0 Å². The molecule has 3 aromatic carbocycles. The number of aliphatic hydroxyl groups excluding tert-OH is 1. The largest absolute Gasteiger partial charge is 0.491 e. The summed E-state index contributed by atoms with van der Waals surface area (Å²) in [6.45, 7) is -0.0834. The van der Waals surface area contributed by atoms with E-state index in [9.17, 15) is 13.2 Å². The Morgan fingerprint density at radius 3 is 2.25 bits per heavy atom. The minimum Gasteiger partial charge on any atom is -0.491 e. The van der Waals surface area contributed by atoms with Crippen LogP contribution in [-0.2, 0) is 12.8 Å². The van der Waals surface area contributed by atoms with Gasteiger partial charge in [0.05, 0.1) is 12.2 Å². The molecule has 3 aromatic rings. The van der Waals surface area contributed by atoms with Crippen LogP contribution in [0.3, 0.4) is 0 Å². The first-order valence-corrected chi connectivity index (χ1v) is 8.69. The average Bonchev–Trinajstić information content (AvgIpc) is 2.71. The van der Waals surface area contributed by atoms with Crippen LogP contribution < -0.4 is 9.47 Å². The maximum atomic E-state index is 13.3. The van der Waals surface area contributed by atoms with Crippen LogP contribution >= 0.6 is 0 Å². The van der Waals surface area contributed by atoms with Gasteiger partial charge in [0.1, 0.15) is 24.7 Å². The van der Waals surface area contributed by atoms with Crippen molar-refractivity contribution in [2.24, 2.45) is 0 Å². The van der Waals surface area contributed by atoms with E-state index in [1.54, 1.807) is 24.3 Å². The molecule has 146 valence electrons. The van der Waals surface area contributed by atoms with Crippen molar-refractivity contribution >= 4 is 0 Å². The van der Waals surface area contributed by atoms with Gasteiger partial charge < -0.3 is 14.6 Å². The predicted octanol–water partition coefficient (Wildman–Crippen LogP) is 5.32. The number of ether oxygens (including phenoxy) is 2. The van der Waals surface area contributed by atoms with Crippen molar-refractivity contribution in [1.82, 2.24) is 0 Å². The molecule has 0 fully saturated rings. The zero-order valence-electron chi connectivity index (χ0n) is 14.9. The lowest BCUT2D eigenvalue weighted by Crippen LogP contribution is -2.07. The lowest BCUT2D eigenvalue weighted by molar-refractivity contribution is -0.137. The van der Waals surface area contributed by atoms with Crippen molar-refractivity contribution in [1.29, 1.82) is 0 Å². The summed E-state index contributed by atoms with van der Waals surface area (Å²) in [4.78, 5) is 0. The highest BCUT2D eigenvalue weighted by Crippen LogP contribution is 2.38. The first-order chi connectivity index (χ1) is 13.5. The van der Waals surface area contributed by atoms with Gasteiger partial charge in [-0.15, -0.1) is 0 Å². The molecule has 3 rings (SSSR count). The number of aliphatic hydroxyl groups is 1. The van der Waals surface area contributed by atoms with E-state index in [0.29, 0.717) is 23.5 Å². The Hall–Kier alpha value is -2.99. The summed E-state index contributed by atoms with van der Waals surface area (Å²) < 4.78 is 51.1. The fourth-order valence-electron chi connectivity index (χ4n) is 2.73. The van der Waals surface area contributed by atoms with E-state index in [-0.39, 0.29) is 19.0 Å². The maximum Gasteiger partial charge on any atom is 0.416 e. The van der Waals surface area contributed by atoms with Crippen molar-refractivity contribution in [3.63, 3.8) is 0 Å². The van der Waals surface area contributed by atoms with Crippen molar-refractivity contribution in [3.8, 4) is 22.6 Å². The highest BCUT2D eigenvalue weighted by Gasteiger charge is 2.31. The molecule has 0 aromatic heterocycles. The van der Waals surface area contributed by atoms with E-state index < -0.39 is 11.7 Å². The Labute approximate surface area is 161 Å². The molecule has 0 saturated heterocycles. The molecular weight excluding hydrogens is 369 g/mol. The number of para-hydroxylation sites is 1. The average molecular weight is 388 g/mol. The Kier molecular flexibility index (Phi) is 6.21. The van der Waals surface area contributed by atoms with Crippen molar-refractivity contribution in [2.75, 3.05) is 13.2 Å². The Morgan fingerprint density at radius 2 is 1.54 bits per heavy atom. The van der Waals surface area contributed by atoms with E-state index in [0.717, 1.165) is 17.7 Å². The molecule has 0 bridgehead atoms. The molecule has 0 heterocycles. The summed E-state index contributed by atoms with van der Waals surface area (Å²) in [5.41, 5.74) is 0.980. The van der Waals surface area contributed by atoms with Crippen molar-refractivity contribution in [3.05, 3.63) is 83.9 Å². The topological polar surface area (TPSA) is 38.7 Å². The molecule has 0 aliphatic carbocycles. The van der Waals surface area contributed by atoms with Crippen LogP contribution in [0.25, 0.3) is 11.1 Å². The molecule has 1 N–H and O–H groups in total. The second kappa shape index (κ2) is 8.80. The molecule has 28 heavy (non-hydrogen) atoms. The van der Waals surface area contributed by atoms with E-state index in [2.05, 4.69) is 0 Å². The van der Waals surface area contributed by atoms with Gasteiger partial charge >= 0.3 is 6.18 Å². The molecular formula is C22H19F3O3. The van der Waals surface area contributed by atoms with Crippen molar-refractivity contribution in [2.45, 2.75) is 12.8 Å². The maximum absolute atomic E-state index is 13.3. The highest BCUT2D eigenvalue weighted by molar-refractivity contribution is 5.72. The number of benzene rings is 3. The molecule has 3 nitrogen and oxygen atoms in total. The minimum atomic E-state index is -4.52. The van der Waals surface area contributed by atoms with Crippen LogP contribution in [0.5, 0.6) is 11.5 Å². The third kappa shape index (κ3) is 5.04. The monoisotopic (exact) mass is 388 g/mol. The number of hydrogen-bond acceptors (Lipinski definition) is 3. The molecule has 0 unspecified atom stereocenters. The van der Waals surface area contributed by atoms with Crippen LogP contribution in [0, 0.1) is 0 Å². The molecule has 0 amide bonds. The molecule has 6 heteroatoms. The fraction of sp³-hybridized carbons (Fsp3) is 0.182. The summed E-state index contributed by atoms with van der Waals surface area (Å²) >= 11 is 0. The number of hydrogen-bond donors (Lipinski definition) is 1. The summed E-state index contributed by atoms with van der Waals surface area (Å²) in [5.74, 6) is 0.510. The van der Waals surface area contributed by atoms with Crippen LogP contribution in [-0.4, -0.2) is 18.3 Å². The van der Waals surface area contributed by atoms with Crippen LogP contribution in [0.1, 0.15) is 11.1 Å². The number of rotatable bonds is 7. The molecule has 0 atom stereocenters. The molecule has 0 saturated carbocycles. The zero-order chi connectivity index (χ0) is 20.0. The molecule has 0 aliphatic heterocycles. The van der Waals surface area contributed by atoms with E-state index >= 15 is 0 Å². The Balaban J connectivity index is 1.95. The smallest absolute Gasteiger partial charge is 0.416 e. The third-order valence-corrected chi connectivity index (χ3v) is 4.03. The fourth-order valence-corrected chi connectivity index (χ4v) is 2.73. The van der Waals surface area contributed by atoms with Gasteiger partial charge in [0.2, 0.25) is 0 Å². The molecule has 0 spiro atoms. The standard InChI is InChI=1S/C22H19F3O3/c23-22(24,25)18-12-17(13-19(14-18)27-11-10-26)20-8-4-5-9-21(20)28-15-16-6-2-1-3-7-16/h1-9,12-14,26H,10-11,15H2. The second-order valence-corrected chi connectivity index (χ2v) is 6.09. The van der Waals surface area contributed by atoms with Gasteiger partial charge in [-0.1, -0.05) is 48.5 Å². The predicted molar refractivity (Wildman–Crippen MR) is 100 cm³/mol. The summed E-state index contributed by atoms with van der Waals surface area (Å²) in [5, 5.41) is 8.90. The van der Waals surface area contributed by atoms with Gasteiger partial charge in [-0.2, -0.15) is 13.2 Å². The summed E-state index contributed by atoms with van der Waals surface area (Å²) in [6, 6.07) is 19.9. The van der Waals surface area contributed by atoms with E-state index in [1.165, 1.54) is 6.07 Å². The van der Waals surface area contributed by atoms with Crippen LogP contribution in [0.4, 0.5) is 13.2 Å². The highest BCUT2D eigenvalue weighted by atomic mass is 19.4. The molecule has 0 aliphatic rings. The summed E-state index contributed by atoms with van der Waals surface area (Å²) in [7, 11) is 0. The molecule has 0 radical (unpaired) electrons. The lowest BCUT2D eigenvalue weighted by atomic mass is 10.0. The second-order valence-electron chi connectivity index (χ2n) is 6.09. The van der Waals surface area contributed by atoms with Crippen LogP contribution in [0.15, 0.2) is 72.8 Å². The quantitative estimate of drug-likeness (QED) is 0.595. The minimum absolute atomic E-state index is 0.0386. The van der Waals surface area contributed by atoms with E-state index in [1.807, 2.05) is 30.3 Å². The van der Waals surface area contributed by atoms with Gasteiger partial charge in [-0.05, 0) is 35.4 Å². The number of halogens is 3. The third-order valence-electron chi connectivity index (χ3n) is 4.03. The van der Waals surface area contributed by atoms with Gasteiger partial charge in [-0.25, -0.2) is 0 Å². The van der Waals surface area contributed by atoms with Gasteiger partial charge in [0, 0.05) is 5.56 Å². The van der Waals surface area contributed by atoms with Crippen molar-refractivity contribution < 1.29 is 27.8 Å². The zero-order valence-corrected chi connectivity index (χ0v) is 14.9. The lowest BCUT2D eigenvalue weighted by Gasteiger charge is -2.16. The van der Waals surface area contributed by atoms with Gasteiger partial charge in [0.25, 0.3) is 0 Å². The Bertz CT molecular complexity index is 908. The van der Waals surface area contributed by atoms with Crippen LogP contribution in [0.2, 0.25) is 0 Å².